The highest BCUT2D eigenvalue weighted by Gasteiger charge is 2.21. The molecule has 2 aliphatic rings. The van der Waals surface area contributed by atoms with Crippen molar-refractivity contribution in [2.45, 2.75) is 26.7 Å². The summed E-state index contributed by atoms with van der Waals surface area (Å²) in [5.41, 5.74) is 4.93. The molecule has 0 radical (unpaired) electrons. The second-order valence-electron chi connectivity index (χ2n) is 8.34. The first-order chi connectivity index (χ1) is 16.0. The number of hydrogen-bond acceptors (Lipinski definition) is 6. The molecule has 0 atom stereocenters. The molecule has 6 nitrogen and oxygen atoms in total. The fourth-order valence-electron chi connectivity index (χ4n) is 3.90. The van der Waals surface area contributed by atoms with E-state index in [1.807, 2.05) is 4.90 Å². The van der Waals surface area contributed by atoms with Crippen LogP contribution in [0, 0.1) is 0 Å². The lowest BCUT2D eigenvalue weighted by atomic mass is 10.0. The number of hydrogen-bond donors (Lipinski definition) is 0. The van der Waals surface area contributed by atoms with E-state index in [1.54, 1.807) is 6.92 Å². The molecule has 1 saturated heterocycles. The molecule has 2 aliphatic heterocycles. The van der Waals surface area contributed by atoms with Gasteiger partial charge in [0, 0.05) is 57.6 Å². The molecule has 0 spiro atoms. The number of carbonyl (C=O) groups is 2. The van der Waals surface area contributed by atoms with Crippen LogP contribution in [0.15, 0.2) is 53.8 Å². The number of nitrogens with zero attached hydrogens (tertiary/aromatic N) is 3. The first-order valence-corrected chi connectivity index (χ1v) is 12.6. The monoisotopic (exact) mass is 469 g/mol. The van der Waals surface area contributed by atoms with Crippen LogP contribution < -0.4 is 4.90 Å². The molecule has 3 rings (SSSR count). The Morgan fingerprint density at radius 3 is 2.48 bits per heavy atom. The zero-order valence-corrected chi connectivity index (χ0v) is 20.8. The minimum Gasteiger partial charge on any atom is -0.458 e. The number of rotatable bonds is 8. The average molecular weight is 470 g/mol. The quantitative estimate of drug-likeness (QED) is 0.403. The van der Waals surface area contributed by atoms with Gasteiger partial charge in [0.25, 0.3) is 0 Å². The Bertz CT molecular complexity index is 900. The van der Waals surface area contributed by atoms with Gasteiger partial charge in [0.05, 0.1) is 6.61 Å². The first-order valence-electron chi connectivity index (χ1n) is 11.7. The van der Waals surface area contributed by atoms with Gasteiger partial charge in [-0.1, -0.05) is 24.3 Å². The zero-order valence-electron chi connectivity index (χ0n) is 20.0. The molecule has 2 heterocycles. The van der Waals surface area contributed by atoms with Crippen molar-refractivity contribution in [1.82, 2.24) is 9.80 Å². The number of benzene rings is 1. The third-order valence-corrected chi connectivity index (χ3v) is 6.70. The minimum absolute atomic E-state index is 0.173. The molecule has 1 aromatic carbocycles. The molecule has 0 saturated carbocycles. The van der Waals surface area contributed by atoms with Gasteiger partial charge in [0.1, 0.15) is 0 Å². The highest BCUT2D eigenvalue weighted by atomic mass is 32.2. The molecule has 178 valence electrons. The third-order valence-electron chi connectivity index (χ3n) is 5.85. The number of anilines is 1. The highest BCUT2D eigenvalue weighted by Crippen LogP contribution is 2.22. The van der Waals surface area contributed by atoms with Crippen LogP contribution in [-0.2, 0) is 9.53 Å². The Balaban J connectivity index is 1.43. The van der Waals surface area contributed by atoms with Crippen molar-refractivity contribution < 1.29 is 14.3 Å². The molecule has 0 aliphatic carbocycles. The molecule has 0 N–H and O–H groups in total. The van der Waals surface area contributed by atoms with Crippen LogP contribution in [0.2, 0.25) is 0 Å². The molecule has 0 unspecified atom stereocenters. The van der Waals surface area contributed by atoms with Crippen LogP contribution in [-0.4, -0.2) is 73.1 Å². The normalized spacial score (nSPS) is 16.6. The summed E-state index contributed by atoms with van der Waals surface area (Å²) in [6.45, 7) is 8.42. The summed E-state index contributed by atoms with van der Waals surface area (Å²) in [4.78, 5) is 30.3. The maximum Gasteiger partial charge on any atom is 0.367 e. The van der Waals surface area contributed by atoms with Gasteiger partial charge < -0.3 is 19.4 Å². The van der Waals surface area contributed by atoms with Gasteiger partial charge >= 0.3 is 5.30 Å². The number of ether oxygens (including phenoxy) is 1. The maximum atomic E-state index is 12.5. The lowest BCUT2D eigenvalue weighted by Crippen LogP contribution is -2.48. The number of likely N-dealkylation sites (N-methyl/N-ethyl adjacent to an activating group) is 1. The summed E-state index contributed by atoms with van der Waals surface area (Å²) >= 11 is 1.15. The Kier molecular flexibility index (Phi) is 9.48. The summed E-state index contributed by atoms with van der Waals surface area (Å²) in [6.07, 6.45) is 9.92. The van der Waals surface area contributed by atoms with E-state index in [0.717, 1.165) is 44.5 Å². The van der Waals surface area contributed by atoms with Crippen molar-refractivity contribution in [3.63, 3.8) is 0 Å². The Morgan fingerprint density at radius 2 is 1.85 bits per heavy atom. The van der Waals surface area contributed by atoms with E-state index in [1.165, 1.54) is 22.4 Å². The van der Waals surface area contributed by atoms with Crippen LogP contribution in [0.25, 0.3) is 6.08 Å². The molecule has 33 heavy (non-hydrogen) atoms. The Hall–Kier alpha value is -2.67. The number of thioether (sulfide) groups is 1. The molecule has 1 amide bonds. The van der Waals surface area contributed by atoms with E-state index in [0.29, 0.717) is 25.2 Å². The van der Waals surface area contributed by atoms with Crippen molar-refractivity contribution in [1.29, 1.82) is 0 Å². The molecular formula is C26H35N3O3S. The molecule has 7 heteroatoms. The Morgan fingerprint density at radius 1 is 1.12 bits per heavy atom. The SMILES string of the molecule is CCOC(=O)SCCCC(=O)N1CCN(c2ccc(/C=C(\C)C3=CCN(C)C=C3)cc2)CC1. The minimum atomic E-state index is -0.258. The van der Waals surface area contributed by atoms with Gasteiger partial charge in [-0.05, 0) is 73.1 Å². The average Bonchev–Trinajstić information content (AvgIpc) is 2.83. The molecule has 1 fully saturated rings. The second-order valence-corrected chi connectivity index (χ2v) is 9.37. The van der Waals surface area contributed by atoms with E-state index in [-0.39, 0.29) is 11.2 Å². The summed E-state index contributed by atoms with van der Waals surface area (Å²) in [6, 6.07) is 8.66. The smallest absolute Gasteiger partial charge is 0.367 e. The van der Waals surface area contributed by atoms with Crippen molar-refractivity contribution in [3.8, 4) is 0 Å². The molecule has 0 aromatic heterocycles. The predicted molar refractivity (Wildman–Crippen MR) is 137 cm³/mol. The van der Waals surface area contributed by atoms with Crippen molar-refractivity contribution in [2.24, 2.45) is 0 Å². The standard InChI is InChI=1S/C26H35N3O3S/c1-4-32-26(31)33-19-5-6-25(30)29-17-15-28(16-18-29)24-9-7-22(8-10-24)20-21(2)23-11-13-27(3)14-12-23/h7-13,20H,4-6,14-19H2,1-3H3/b21-20+. The third kappa shape index (κ3) is 7.70. The predicted octanol–water partition coefficient (Wildman–Crippen LogP) is 4.79. The van der Waals surface area contributed by atoms with Crippen LogP contribution in [0.3, 0.4) is 0 Å². The molecule has 0 bridgehead atoms. The van der Waals surface area contributed by atoms with Crippen LogP contribution in [0.1, 0.15) is 32.3 Å². The van der Waals surface area contributed by atoms with E-state index < -0.39 is 0 Å². The van der Waals surface area contributed by atoms with E-state index >= 15 is 0 Å². The summed E-state index contributed by atoms with van der Waals surface area (Å²) in [7, 11) is 2.07. The zero-order chi connectivity index (χ0) is 23.6. The number of carbonyl (C=O) groups excluding carboxylic acids is 2. The van der Waals surface area contributed by atoms with Crippen LogP contribution in [0.4, 0.5) is 10.5 Å². The molecule has 1 aromatic rings. The van der Waals surface area contributed by atoms with Crippen LogP contribution in [0.5, 0.6) is 0 Å². The Labute approximate surface area is 201 Å². The van der Waals surface area contributed by atoms with E-state index in [4.69, 9.17) is 4.74 Å². The van der Waals surface area contributed by atoms with E-state index in [2.05, 4.69) is 72.5 Å². The van der Waals surface area contributed by atoms with Crippen molar-refractivity contribution >= 4 is 34.7 Å². The number of allylic oxidation sites excluding steroid dienone is 3. The van der Waals surface area contributed by atoms with Gasteiger partial charge in [0.15, 0.2) is 0 Å². The summed E-state index contributed by atoms with van der Waals surface area (Å²) < 4.78 is 4.89. The van der Waals surface area contributed by atoms with Crippen molar-refractivity contribution in [2.75, 3.05) is 57.0 Å². The van der Waals surface area contributed by atoms with Crippen molar-refractivity contribution in [3.05, 3.63) is 59.3 Å². The maximum absolute atomic E-state index is 12.5. The van der Waals surface area contributed by atoms with Gasteiger partial charge in [-0.3, -0.25) is 4.79 Å². The fraction of sp³-hybridized carbons (Fsp3) is 0.462. The first kappa shape index (κ1) is 25.0. The molecular weight excluding hydrogens is 434 g/mol. The summed E-state index contributed by atoms with van der Waals surface area (Å²) in [5.74, 6) is 0.794. The highest BCUT2D eigenvalue weighted by molar-refractivity contribution is 8.13. The summed E-state index contributed by atoms with van der Waals surface area (Å²) in [5, 5.41) is -0.258. The lowest BCUT2D eigenvalue weighted by Gasteiger charge is -2.36. The topological polar surface area (TPSA) is 53.1 Å². The lowest BCUT2D eigenvalue weighted by molar-refractivity contribution is -0.131. The van der Waals surface area contributed by atoms with Gasteiger partial charge in [0.2, 0.25) is 5.91 Å². The fourth-order valence-corrected chi connectivity index (χ4v) is 4.55. The van der Waals surface area contributed by atoms with Gasteiger partial charge in [-0.25, -0.2) is 4.79 Å². The number of amides is 1. The van der Waals surface area contributed by atoms with E-state index in [9.17, 15) is 9.59 Å². The van der Waals surface area contributed by atoms with Gasteiger partial charge in [-0.2, -0.15) is 0 Å². The second kappa shape index (κ2) is 12.5. The largest absolute Gasteiger partial charge is 0.458 e. The number of piperazine rings is 1. The van der Waals surface area contributed by atoms with Crippen LogP contribution >= 0.6 is 11.8 Å². The van der Waals surface area contributed by atoms with Gasteiger partial charge in [-0.15, -0.1) is 0 Å².